The smallest absolute Gasteiger partial charge is 0.0114 e. The Bertz CT molecular complexity index is 459. The van der Waals surface area contributed by atoms with E-state index in [4.69, 9.17) is 0 Å². The van der Waals surface area contributed by atoms with E-state index >= 15 is 0 Å². The van der Waals surface area contributed by atoms with Crippen LogP contribution in [0.4, 0.5) is 0 Å². The van der Waals surface area contributed by atoms with Gasteiger partial charge in [-0.05, 0) is 55.5 Å². The van der Waals surface area contributed by atoms with E-state index in [-0.39, 0.29) is 5.41 Å². The van der Waals surface area contributed by atoms with Crippen molar-refractivity contribution in [2.45, 2.75) is 47.0 Å². The summed E-state index contributed by atoms with van der Waals surface area (Å²) in [6.07, 6.45) is 0. The molecule has 0 saturated carbocycles. The molecule has 0 nitrogen and oxygen atoms in total. The van der Waals surface area contributed by atoms with Crippen molar-refractivity contribution in [3.05, 3.63) is 40.0 Å². The summed E-state index contributed by atoms with van der Waals surface area (Å²) in [6, 6.07) is 4.71. The van der Waals surface area contributed by atoms with E-state index in [2.05, 4.69) is 53.7 Å². The Morgan fingerprint density at radius 3 is 2.00 bits per heavy atom. The van der Waals surface area contributed by atoms with Crippen molar-refractivity contribution in [1.82, 2.24) is 0 Å². The first-order chi connectivity index (χ1) is 6.85. The topological polar surface area (TPSA) is 0 Å². The molecule has 0 bridgehead atoms. The minimum atomic E-state index is 0.220. The van der Waals surface area contributed by atoms with Crippen LogP contribution in [0, 0.1) is 13.8 Å². The van der Waals surface area contributed by atoms with Gasteiger partial charge in [0.1, 0.15) is 0 Å². The Morgan fingerprint density at radius 1 is 0.867 bits per heavy atom. The lowest BCUT2D eigenvalue weighted by molar-refractivity contribution is 0.638. The molecule has 0 radical (unpaired) electrons. The summed E-state index contributed by atoms with van der Waals surface area (Å²) in [5.74, 6) is 0. The highest BCUT2D eigenvalue weighted by Crippen LogP contribution is 2.46. The maximum absolute atomic E-state index is 2.37. The maximum atomic E-state index is 2.37. The number of benzene rings is 1. The van der Waals surface area contributed by atoms with Crippen LogP contribution in [0.25, 0.3) is 5.57 Å². The maximum Gasteiger partial charge on any atom is 0.0114 e. The van der Waals surface area contributed by atoms with E-state index in [0.717, 1.165) is 0 Å². The lowest BCUT2D eigenvalue weighted by Gasteiger charge is -2.23. The van der Waals surface area contributed by atoms with E-state index in [1.54, 1.807) is 0 Å². The van der Waals surface area contributed by atoms with Crippen molar-refractivity contribution in [3.8, 4) is 0 Å². The summed E-state index contributed by atoms with van der Waals surface area (Å²) >= 11 is 0. The highest BCUT2D eigenvalue weighted by molar-refractivity contribution is 5.79. The van der Waals surface area contributed by atoms with E-state index in [0.29, 0.717) is 0 Å². The van der Waals surface area contributed by atoms with Gasteiger partial charge in [0.25, 0.3) is 0 Å². The van der Waals surface area contributed by atoms with Crippen molar-refractivity contribution in [3.63, 3.8) is 0 Å². The van der Waals surface area contributed by atoms with Crippen LogP contribution >= 0.6 is 0 Å². The van der Waals surface area contributed by atoms with Crippen LogP contribution in [0.5, 0.6) is 0 Å². The number of allylic oxidation sites excluding steroid dienone is 2. The molecule has 1 aliphatic rings. The summed E-state index contributed by atoms with van der Waals surface area (Å²) in [4.78, 5) is 0. The number of aryl methyl sites for hydroxylation is 2. The van der Waals surface area contributed by atoms with E-state index in [1.165, 1.54) is 33.4 Å². The summed E-state index contributed by atoms with van der Waals surface area (Å²) in [7, 11) is 0. The summed E-state index contributed by atoms with van der Waals surface area (Å²) in [6.45, 7) is 13.6. The molecular formula is C15H20. The first kappa shape index (κ1) is 10.5. The first-order valence-electron chi connectivity index (χ1n) is 5.65. The Hall–Kier alpha value is -1.04. The lowest BCUT2D eigenvalue weighted by Crippen LogP contribution is -2.15. The molecule has 0 aromatic heterocycles. The van der Waals surface area contributed by atoms with Crippen LogP contribution in [0.3, 0.4) is 0 Å². The van der Waals surface area contributed by atoms with Gasteiger partial charge in [-0.2, -0.15) is 0 Å². The lowest BCUT2D eigenvalue weighted by atomic mass is 9.81. The first-order valence-corrected chi connectivity index (χ1v) is 5.65. The van der Waals surface area contributed by atoms with Gasteiger partial charge in [0.15, 0.2) is 0 Å². The van der Waals surface area contributed by atoms with Gasteiger partial charge >= 0.3 is 0 Å². The largest absolute Gasteiger partial charge is 0.0597 e. The Kier molecular flexibility index (Phi) is 2.08. The van der Waals surface area contributed by atoms with Gasteiger partial charge in [-0.15, -0.1) is 0 Å². The normalized spacial score (nSPS) is 18.3. The quantitative estimate of drug-likeness (QED) is 0.582. The molecule has 0 heteroatoms. The fraction of sp³-hybridized carbons (Fsp3) is 0.467. The van der Waals surface area contributed by atoms with Crippen LogP contribution in [0.1, 0.15) is 49.9 Å². The van der Waals surface area contributed by atoms with Gasteiger partial charge < -0.3 is 0 Å². The van der Waals surface area contributed by atoms with Crippen molar-refractivity contribution in [2.24, 2.45) is 0 Å². The molecule has 1 aliphatic carbocycles. The SMILES string of the molecule is CC1=C(C)C(C)(C)c2cc(C)c(C)cc21. The van der Waals surface area contributed by atoms with Crippen molar-refractivity contribution >= 4 is 5.57 Å². The van der Waals surface area contributed by atoms with Gasteiger partial charge in [0.2, 0.25) is 0 Å². The molecular weight excluding hydrogens is 180 g/mol. The molecule has 2 rings (SSSR count). The second kappa shape index (κ2) is 2.98. The summed E-state index contributed by atoms with van der Waals surface area (Å²) in [5, 5.41) is 0. The molecule has 0 N–H and O–H groups in total. The molecule has 0 amide bonds. The van der Waals surface area contributed by atoms with Crippen LogP contribution in [0.15, 0.2) is 17.7 Å². The van der Waals surface area contributed by atoms with Crippen molar-refractivity contribution < 1.29 is 0 Å². The third-order valence-corrected chi connectivity index (χ3v) is 4.21. The van der Waals surface area contributed by atoms with Gasteiger partial charge in [0, 0.05) is 5.41 Å². The molecule has 0 heterocycles. The van der Waals surface area contributed by atoms with E-state index in [9.17, 15) is 0 Å². The molecule has 0 saturated heterocycles. The number of fused-ring (bicyclic) bond motifs is 1. The van der Waals surface area contributed by atoms with Crippen molar-refractivity contribution in [2.75, 3.05) is 0 Å². The van der Waals surface area contributed by atoms with Crippen LogP contribution < -0.4 is 0 Å². The summed E-state index contributed by atoms with van der Waals surface area (Å²) < 4.78 is 0. The zero-order valence-corrected chi connectivity index (χ0v) is 10.7. The minimum absolute atomic E-state index is 0.220. The minimum Gasteiger partial charge on any atom is -0.0597 e. The highest BCUT2D eigenvalue weighted by Gasteiger charge is 2.33. The van der Waals surface area contributed by atoms with Crippen molar-refractivity contribution in [1.29, 1.82) is 0 Å². The third kappa shape index (κ3) is 1.27. The standard InChI is InChI=1S/C15H20/c1-9-7-13-11(3)12(4)15(5,6)14(13)8-10(9)2/h7-8H,1-6H3. The zero-order chi connectivity index (χ0) is 11.4. The Morgan fingerprint density at radius 2 is 1.40 bits per heavy atom. The molecule has 0 atom stereocenters. The molecule has 0 aliphatic heterocycles. The molecule has 0 spiro atoms. The fourth-order valence-electron chi connectivity index (χ4n) is 2.52. The highest BCUT2D eigenvalue weighted by atomic mass is 14.4. The average Bonchev–Trinajstić information content (AvgIpc) is 2.32. The van der Waals surface area contributed by atoms with Gasteiger partial charge in [-0.3, -0.25) is 0 Å². The van der Waals surface area contributed by atoms with E-state index < -0.39 is 0 Å². The second-order valence-corrected chi connectivity index (χ2v) is 5.36. The number of hydrogen-bond donors (Lipinski definition) is 0. The zero-order valence-electron chi connectivity index (χ0n) is 10.7. The van der Waals surface area contributed by atoms with Crippen LogP contribution in [0.2, 0.25) is 0 Å². The Balaban J connectivity index is 2.76. The van der Waals surface area contributed by atoms with Gasteiger partial charge in [-0.25, -0.2) is 0 Å². The predicted molar refractivity (Wildman–Crippen MR) is 67.2 cm³/mol. The van der Waals surface area contributed by atoms with Gasteiger partial charge in [0.05, 0.1) is 0 Å². The number of rotatable bonds is 0. The Labute approximate surface area is 93.0 Å². The average molecular weight is 200 g/mol. The molecule has 80 valence electrons. The molecule has 15 heavy (non-hydrogen) atoms. The second-order valence-electron chi connectivity index (χ2n) is 5.36. The third-order valence-electron chi connectivity index (χ3n) is 4.21. The number of hydrogen-bond acceptors (Lipinski definition) is 0. The van der Waals surface area contributed by atoms with Crippen LogP contribution in [-0.2, 0) is 5.41 Å². The fourth-order valence-corrected chi connectivity index (χ4v) is 2.52. The van der Waals surface area contributed by atoms with Crippen LogP contribution in [-0.4, -0.2) is 0 Å². The van der Waals surface area contributed by atoms with Gasteiger partial charge in [-0.1, -0.05) is 31.6 Å². The molecule has 0 unspecified atom stereocenters. The monoisotopic (exact) mass is 200 g/mol. The molecule has 1 aromatic rings. The van der Waals surface area contributed by atoms with E-state index in [1.807, 2.05) is 0 Å². The molecule has 1 aromatic carbocycles. The molecule has 0 fully saturated rings. The predicted octanol–water partition coefficient (Wildman–Crippen LogP) is 4.39. The summed E-state index contributed by atoms with van der Waals surface area (Å²) in [5.41, 5.74) is 8.97.